The molecule has 1 aliphatic heterocycles. The summed E-state index contributed by atoms with van der Waals surface area (Å²) in [6.07, 6.45) is -7.00. The zero-order valence-electron chi connectivity index (χ0n) is 29.8. The van der Waals surface area contributed by atoms with Gasteiger partial charge in [0.2, 0.25) is 12.0 Å². The second-order valence-electron chi connectivity index (χ2n) is 11.8. The summed E-state index contributed by atoms with van der Waals surface area (Å²) in [6.45, 7) is 3.47. The number of carboxylic acids is 1. The highest BCUT2D eigenvalue weighted by molar-refractivity contribution is 5.95. The number of nitrogens with zero attached hydrogens (tertiary/aromatic N) is 1. The molecule has 0 amide bonds. The van der Waals surface area contributed by atoms with E-state index in [9.17, 15) is 35.1 Å². The van der Waals surface area contributed by atoms with Gasteiger partial charge in [0.05, 0.1) is 30.5 Å². The predicted molar refractivity (Wildman–Crippen MR) is 191 cm³/mol. The number of guanidine groups is 1. The normalized spacial score (nSPS) is 19.9. The van der Waals surface area contributed by atoms with E-state index < -0.39 is 49.3 Å². The van der Waals surface area contributed by atoms with Crippen LogP contribution >= 0.6 is 0 Å². The number of carbonyl (C=O) groups excluding carboxylic acids is 1. The largest absolute Gasteiger partial charge is 0.502 e. The van der Waals surface area contributed by atoms with Crippen LogP contribution in [-0.2, 0) is 22.3 Å². The number of nitrogens with one attached hydrogen (secondary N) is 2. The number of ether oxygens (including phenoxy) is 6. The molecule has 5 atom stereocenters. The van der Waals surface area contributed by atoms with E-state index in [1.165, 1.54) is 44.0 Å². The van der Waals surface area contributed by atoms with Gasteiger partial charge in [-0.25, -0.2) is 9.59 Å². The molecule has 1 fully saturated rings. The highest BCUT2D eigenvalue weighted by Crippen LogP contribution is 2.39. The average molecular weight is 743 g/mol. The van der Waals surface area contributed by atoms with Crippen molar-refractivity contribution >= 4 is 23.6 Å². The number of carbonyl (C=O) groups is 2. The molecule has 9 N–H and O–H groups in total. The van der Waals surface area contributed by atoms with E-state index in [4.69, 9.17) is 34.2 Å². The number of aliphatic imine (C=N–C) groups is 1. The first-order valence-electron chi connectivity index (χ1n) is 16.8. The van der Waals surface area contributed by atoms with Crippen LogP contribution in [0.4, 0.5) is 5.69 Å². The topological polar surface area (TPSA) is 253 Å². The molecule has 0 saturated carbocycles. The molecule has 0 aromatic heterocycles. The summed E-state index contributed by atoms with van der Waals surface area (Å²) in [7, 11) is 2.75. The van der Waals surface area contributed by atoms with E-state index in [2.05, 4.69) is 28.6 Å². The van der Waals surface area contributed by atoms with Gasteiger partial charge in [0.15, 0.2) is 35.7 Å². The maximum absolute atomic E-state index is 13.2. The molecule has 1 aliphatic rings. The lowest BCUT2D eigenvalue weighted by molar-refractivity contribution is -0.277. The third kappa shape index (κ3) is 10.3. The lowest BCUT2D eigenvalue weighted by Gasteiger charge is -2.40. The highest BCUT2D eigenvalue weighted by atomic mass is 16.7. The second-order valence-corrected chi connectivity index (χ2v) is 11.8. The van der Waals surface area contributed by atoms with Gasteiger partial charge >= 0.3 is 11.9 Å². The number of phenolic OH excluding ortho intramolecular Hbond substituents is 1. The molecule has 53 heavy (non-hydrogen) atoms. The molecule has 17 nitrogen and oxygen atoms in total. The Hall–Kier alpha value is -5.49. The summed E-state index contributed by atoms with van der Waals surface area (Å²) in [5.41, 5.74) is 7.80. The first-order chi connectivity index (χ1) is 25.4. The molecule has 1 heterocycles. The van der Waals surface area contributed by atoms with Crippen LogP contribution in [0, 0.1) is 0 Å². The van der Waals surface area contributed by atoms with E-state index in [0.717, 1.165) is 12.0 Å². The third-order valence-electron chi connectivity index (χ3n) is 8.24. The number of aryl methyl sites for hydroxylation is 1. The molecule has 1 saturated heterocycles. The van der Waals surface area contributed by atoms with Crippen molar-refractivity contribution in [3.8, 4) is 28.7 Å². The van der Waals surface area contributed by atoms with Crippen molar-refractivity contribution in [1.82, 2.24) is 5.32 Å². The van der Waals surface area contributed by atoms with Gasteiger partial charge in [-0.3, -0.25) is 4.99 Å². The summed E-state index contributed by atoms with van der Waals surface area (Å²) in [4.78, 5) is 29.0. The Morgan fingerprint density at radius 1 is 0.943 bits per heavy atom. The SMILES string of the molecule is CCNc1cc(OC2OC(COC(=O)c3cc(OC)c(O)c(OCCc4cccc(CC)c4)c3)C(O)C(O)C2O)c(OCNC(N)=NC)cc1C(=O)O. The quantitative estimate of drug-likeness (QED) is 0.0423. The number of aromatic hydroxyl groups is 1. The minimum Gasteiger partial charge on any atom is -0.502 e. The predicted octanol–water partition coefficient (Wildman–Crippen LogP) is 1.63. The number of methoxy groups -OCH3 is 1. The molecular formula is C36H46N4O13. The minimum atomic E-state index is -1.82. The average Bonchev–Trinajstić information content (AvgIpc) is 3.15. The number of phenols is 1. The monoisotopic (exact) mass is 742 g/mol. The number of nitrogens with two attached hydrogens (primary N) is 1. The number of aliphatic hydroxyl groups excluding tert-OH is 3. The standard InChI is InChI=1S/C36H46N4O13/c1-5-19-8-7-9-20(12-19)10-11-49-27-14-21(13-26(48-4)29(27)41)34(47)50-17-28-30(42)31(43)32(44)35(53-28)52-25-16-23(39-6-2)22(33(45)46)15-24(25)51-18-40-36(37)38-3/h7-9,12-16,28,30-32,35,39,41-44H,5-6,10-11,17-18H2,1-4H3,(H,45,46)(H3,37,38,40). The van der Waals surface area contributed by atoms with Gasteiger partial charge < -0.3 is 70.3 Å². The third-order valence-corrected chi connectivity index (χ3v) is 8.24. The molecule has 4 rings (SSSR count). The maximum Gasteiger partial charge on any atom is 0.338 e. The van der Waals surface area contributed by atoms with Crippen LogP contribution < -0.4 is 35.3 Å². The smallest absolute Gasteiger partial charge is 0.338 e. The molecule has 5 unspecified atom stereocenters. The highest BCUT2D eigenvalue weighted by Gasteiger charge is 2.46. The van der Waals surface area contributed by atoms with Crippen LogP contribution in [0.5, 0.6) is 28.7 Å². The Morgan fingerprint density at radius 3 is 2.36 bits per heavy atom. The van der Waals surface area contributed by atoms with Gasteiger partial charge in [0.1, 0.15) is 31.0 Å². The van der Waals surface area contributed by atoms with Crippen molar-refractivity contribution in [2.75, 3.05) is 46.0 Å². The minimum absolute atomic E-state index is 0.0207. The van der Waals surface area contributed by atoms with Crippen LogP contribution in [0.15, 0.2) is 53.5 Å². The van der Waals surface area contributed by atoms with E-state index in [0.29, 0.717) is 13.0 Å². The van der Waals surface area contributed by atoms with Crippen molar-refractivity contribution in [3.05, 3.63) is 70.8 Å². The number of anilines is 1. The van der Waals surface area contributed by atoms with Crippen molar-refractivity contribution < 1.29 is 63.5 Å². The fourth-order valence-electron chi connectivity index (χ4n) is 5.31. The van der Waals surface area contributed by atoms with Crippen molar-refractivity contribution in [1.29, 1.82) is 0 Å². The number of aromatic carboxylic acids is 1. The van der Waals surface area contributed by atoms with Crippen molar-refractivity contribution in [2.24, 2.45) is 10.7 Å². The van der Waals surface area contributed by atoms with E-state index >= 15 is 0 Å². The summed E-state index contributed by atoms with van der Waals surface area (Å²) in [5, 5.41) is 58.3. The van der Waals surface area contributed by atoms with Gasteiger partial charge in [-0.15, -0.1) is 0 Å². The van der Waals surface area contributed by atoms with E-state index in [1.807, 2.05) is 18.2 Å². The number of esters is 1. The fourth-order valence-corrected chi connectivity index (χ4v) is 5.31. The number of benzene rings is 3. The zero-order valence-corrected chi connectivity index (χ0v) is 29.8. The Balaban J connectivity index is 1.49. The Morgan fingerprint density at radius 2 is 1.68 bits per heavy atom. The zero-order chi connectivity index (χ0) is 38.7. The lowest BCUT2D eigenvalue weighted by atomic mass is 9.99. The molecule has 17 heteroatoms. The Bertz CT molecular complexity index is 1750. The van der Waals surface area contributed by atoms with Gasteiger partial charge in [-0.2, -0.15) is 0 Å². The molecular weight excluding hydrogens is 696 g/mol. The summed E-state index contributed by atoms with van der Waals surface area (Å²) >= 11 is 0. The lowest BCUT2D eigenvalue weighted by Crippen LogP contribution is -2.60. The van der Waals surface area contributed by atoms with Gasteiger partial charge in [-0.05, 0) is 36.6 Å². The molecule has 288 valence electrons. The van der Waals surface area contributed by atoms with Gasteiger partial charge in [-0.1, -0.05) is 31.2 Å². The first kappa shape index (κ1) is 40.3. The number of rotatable bonds is 17. The molecule has 0 radical (unpaired) electrons. The summed E-state index contributed by atoms with van der Waals surface area (Å²) < 4.78 is 33.8. The van der Waals surface area contributed by atoms with E-state index in [1.54, 1.807) is 6.92 Å². The Kier molecular flexibility index (Phi) is 14.3. The molecule has 3 aromatic carbocycles. The van der Waals surface area contributed by atoms with E-state index in [-0.39, 0.29) is 64.9 Å². The molecule has 3 aromatic rings. The second kappa shape index (κ2) is 18.8. The summed E-state index contributed by atoms with van der Waals surface area (Å²) in [5.74, 6) is -2.73. The Labute approximate surface area is 305 Å². The number of hydrogen-bond donors (Lipinski definition) is 8. The maximum atomic E-state index is 13.2. The van der Waals surface area contributed by atoms with Crippen LogP contribution in [0.1, 0.15) is 45.7 Å². The number of carboxylic acid groups (broad SMARTS) is 1. The molecule has 0 bridgehead atoms. The van der Waals surface area contributed by atoms with Crippen LogP contribution in [-0.4, -0.2) is 115 Å². The van der Waals surface area contributed by atoms with Crippen molar-refractivity contribution in [3.63, 3.8) is 0 Å². The summed E-state index contributed by atoms with van der Waals surface area (Å²) in [6, 6.07) is 13.0. The van der Waals surface area contributed by atoms with Crippen LogP contribution in [0.25, 0.3) is 0 Å². The number of aliphatic hydroxyl groups is 3. The number of hydrogen-bond acceptors (Lipinski definition) is 14. The van der Waals surface area contributed by atoms with Gasteiger partial charge in [0, 0.05) is 32.1 Å². The molecule has 0 spiro atoms. The molecule has 0 aliphatic carbocycles. The van der Waals surface area contributed by atoms with Crippen LogP contribution in [0.3, 0.4) is 0 Å². The fraction of sp³-hybridized carbons (Fsp3) is 0.417. The van der Waals surface area contributed by atoms with Crippen LogP contribution in [0.2, 0.25) is 0 Å². The van der Waals surface area contributed by atoms with Crippen molar-refractivity contribution in [2.45, 2.75) is 57.4 Å². The first-order valence-corrected chi connectivity index (χ1v) is 16.8. The van der Waals surface area contributed by atoms with Gasteiger partial charge in [0.25, 0.3) is 0 Å².